The Kier molecular flexibility index (Phi) is 4.46. The van der Waals surface area contributed by atoms with Crippen molar-refractivity contribution in [2.75, 3.05) is 13.7 Å². The zero-order chi connectivity index (χ0) is 17.4. The van der Waals surface area contributed by atoms with Crippen LogP contribution in [0.4, 0.5) is 4.39 Å². The van der Waals surface area contributed by atoms with Crippen LogP contribution < -0.4 is 0 Å². The van der Waals surface area contributed by atoms with Gasteiger partial charge in [-0.1, -0.05) is 24.6 Å². The number of carbonyl (C=O) groups is 1. The summed E-state index contributed by atoms with van der Waals surface area (Å²) >= 11 is 0. The van der Waals surface area contributed by atoms with Crippen LogP contribution >= 0.6 is 0 Å². The van der Waals surface area contributed by atoms with Crippen molar-refractivity contribution in [2.45, 2.75) is 56.8 Å². The van der Waals surface area contributed by atoms with E-state index in [0.717, 1.165) is 23.7 Å². The Morgan fingerprint density at radius 1 is 1.28 bits per heavy atom. The predicted molar refractivity (Wildman–Crippen MR) is 93.3 cm³/mol. The lowest BCUT2D eigenvalue weighted by molar-refractivity contribution is -0.0321. The summed E-state index contributed by atoms with van der Waals surface area (Å²) in [5, 5.41) is 5.05. The minimum Gasteiger partial charge on any atom is -0.457 e. The Labute approximate surface area is 146 Å². The van der Waals surface area contributed by atoms with E-state index in [4.69, 9.17) is 4.74 Å². The van der Waals surface area contributed by atoms with Gasteiger partial charge in [0.1, 0.15) is 12.8 Å². The minimum atomic E-state index is -0.515. The number of hydrogen-bond donors (Lipinski definition) is 0. The van der Waals surface area contributed by atoms with Gasteiger partial charge in [0.2, 0.25) is 0 Å². The van der Waals surface area contributed by atoms with Gasteiger partial charge in [-0.15, -0.1) is 0 Å². The summed E-state index contributed by atoms with van der Waals surface area (Å²) in [6, 6.07) is 8.44. The normalized spacial score (nSPS) is 26.7. The molecule has 2 aliphatic rings. The molecule has 2 aromatic rings. The number of nitrogens with zero attached hydrogens (tertiary/aromatic N) is 3. The molecular weight excluding hydrogens is 321 g/mol. The predicted octanol–water partition coefficient (Wildman–Crippen LogP) is 3.18. The van der Waals surface area contributed by atoms with Crippen LogP contribution in [0.3, 0.4) is 0 Å². The highest BCUT2D eigenvalue weighted by atomic mass is 19.1. The molecule has 0 amide bonds. The standard InChI is InChI=1S/C19H24FN3O2/c1-22-13-5-4-6-14(22)12-15(11-13)25-19(24)18-16-7-2-3-8-17(16)23(21-18)10-9-20/h2-3,7-8,13-15H,4-6,9-12H2,1H3/t13-,14+,15+. The Morgan fingerprint density at radius 2 is 2.00 bits per heavy atom. The zero-order valence-electron chi connectivity index (χ0n) is 14.5. The number of hydrogen-bond acceptors (Lipinski definition) is 4. The molecule has 0 saturated carbocycles. The second-order valence-electron chi connectivity index (χ2n) is 7.18. The molecule has 0 spiro atoms. The van der Waals surface area contributed by atoms with E-state index in [1.54, 1.807) is 4.68 Å². The van der Waals surface area contributed by atoms with Crippen LogP contribution in [-0.2, 0) is 11.3 Å². The van der Waals surface area contributed by atoms with Gasteiger partial charge in [0.25, 0.3) is 0 Å². The first kappa shape index (κ1) is 16.5. The van der Waals surface area contributed by atoms with E-state index >= 15 is 0 Å². The largest absolute Gasteiger partial charge is 0.457 e. The second-order valence-corrected chi connectivity index (χ2v) is 7.18. The van der Waals surface area contributed by atoms with E-state index in [2.05, 4.69) is 17.0 Å². The molecule has 4 rings (SSSR count). The van der Waals surface area contributed by atoms with Crippen molar-refractivity contribution in [1.29, 1.82) is 0 Å². The highest BCUT2D eigenvalue weighted by molar-refractivity contribution is 6.02. The summed E-state index contributed by atoms with van der Waals surface area (Å²) in [5.41, 5.74) is 1.07. The molecule has 2 aliphatic heterocycles. The van der Waals surface area contributed by atoms with E-state index in [1.165, 1.54) is 19.3 Å². The van der Waals surface area contributed by atoms with Crippen molar-refractivity contribution in [3.63, 3.8) is 0 Å². The van der Waals surface area contributed by atoms with Crippen molar-refractivity contribution < 1.29 is 13.9 Å². The fourth-order valence-electron chi connectivity index (χ4n) is 4.40. The van der Waals surface area contributed by atoms with Gasteiger partial charge in [0.15, 0.2) is 5.69 Å². The second kappa shape index (κ2) is 6.75. The average molecular weight is 345 g/mol. The quantitative estimate of drug-likeness (QED) is 0.799. The summed E-state index contributed by atoms with van der Waals surface area (Å²) < 4.78 is 20.2. The van der Waals surface area contributed by atoms with E-state index in [9.17, 15) is 9.18 Å². The molecule has 3 atom stereocenters. The molecule has 1 aromatic carbocycles. The molecule has 134 valence electrons. The number of fused-ring (bicyclic) bond motifs is 3. The third kappa shape index (κ3) is 3.03. The number of alkyl halides is 1. The number of para-hydroxylation sites is 1. The first-order valence-corrected chi connectivity index (χ1v) is 9.12. The minimum absolute atomic E-state index is 0.0518. The van der Waals surface area contributed by atoms with Gasteiger partial charge in [-0.3, -0.25) is 4.68 Å². The maximum absolute atomic E-state index is 12.8. The molecule has 6 heteroatoms. The monoisotopic (exact) mass is 345 g/mol. The van der Waals surface area contributed by atoms with E-state index < -0.39 is 6.67 Å². The zero-order valence-corrected chi connectivity index (χ0v) is 14.5. The molecule has 0 N–H and O–H groups in total. The van der Waals surface area contributed by atoms with Crippen LogP contribution in [0.5, 0.6) is 0 Å². The number of halogens is 1. The molecule has 0 aliphatic carbocycles. The van der Waals surface area contributed by atoms with Gasteiger partial charge >= 0.3 is 5.97 Å². The molecule has 3 heterocycles. The molecular formula is C19H24FN3O2. The molecule has 2 saturated heterocycles. The molecule has 1 aromatic heterocycles. The molecule has 25 heavy (non-hydrogen) atoms. The van der Waals surface area contributed by atoms with Crippen LogP contribution in [0, 0.1) is 0 Å². The summed E-state index contributed by atoms with van der Waals surface area (Å²) in [6.45, 7) is -0.370. The van der Waals surface area contributed by atoms with E-state index in [1.807, 2.05) is 24.3 Å². The highest BCUT2D eigenvalue weighted by Gasteiger charge is 2.38. The van der Waals surface area contributed by atoms with E-state index in [-0.39, 0.29) is 18.6 Å². The number of benzene rings is 1. The summed E-state index contributed by atoms with van der Waals surface area (Å²) in [7, 11) is 2.18. The lowest BCUT2D eigenvalue weighted by atomic mass is 9.83. The van der Waals surface area contributed by atoms with E-state index in [0.29, 0.717) is 17.8 Å². The lowest BCUT2D eigenvalue weighted by Crippen LogP contribution is -2.52. The van der Waals surface area contributed by atoms with Gasteiger partial charge in [0.05, 0.1) is 12.1 Å². The number of aromatic nitrogens is 2. The SMILES string of the molecule is CN1[C@@H]2CCC[C@H]1C[C@@H](OC(=O)c1nn(CCF)c3ccccc13)C2. The van der Waals surface area contributed by atoms with Gasteiger partial charge in [-0.25, -0.2) is 9.18 Å². The van der Waals surface area contributed by atoms with Crippen molar-refractivity contribution in [1.82, 2.24) is 14.7 Å². The van der Waals surface area contributed by atoms with Crippen LogP contribution in [0.1, 0.15) is 42.6 Å². The Bertz CT molecular complexity index is 761. The van der Waals surface area contributed by atoms with Crippen LogP contribution in [0.25, 0.3) is 10.9 Å². The number of rotatable bonds is 4. The molecule has 2 bridgehead atoms. The summed E-state index contributed by atoms with van der Waals surface area (Å²) in [4.78, 5) is 15.2. The Morgan fingerprint density at radius 3 is 2.72 bits per heavy atom. The summed E-state index contributed by atoms with van der Waals surface area (Å²) in [6.07, 6.45) is 5.34. The fourth-order valence-corrected chi connectivity index (χ4v) is 4.40. The number of ether oxygens (including phenoxy) is 1. The summed E-state index contributed by atoms with van der Waals surface area (Å²) in [5.74, 6) is -0.388. The van der Waals surface area contributed by atoms with Gasteiger partial charge in [-0.2, -0.15) is 5.10 Å². The topological polar surface area (TPSA) is 47.4 Å². The number of carbonyl (C=O) groups excluding carboxylic acids is 1. The van der Waals surface area contributed by atoms with Crippen molar-refractivity contribution in [3.05, 3.63) is 30.0 Å². The molecule has 0 radical (unpaired) electrons. The molecule has 0 unspecified atom stereocenters. The van der Waals surface area contributed by atoms with Gasteiger partial charge < -0.3 is 9.64 Å². The highest BCUT2D eigenvalue weighted by Crippen LogP contribution is 2.34. The van der Waals surface area contributed by atoms with Crippen LogP contribution in [-0.4, -0.2) is 52.6 Å². The number of piperidine rings is 2. The smallest absolute Gasteiger partial charge is 0.359 e. The first-order valence-electron chi connectivity index (χ1n) is 9.12. The Balaban J connectivity index is 1.54. The number of esters is 1. The Hall–Kier alpha value is -1.95. The number of aryl methyl sites for hydroxylation is 1. The van der Waals surface area contributed by atoms with Crippen molar-refractivity contribution in [2.24, 2.45) is 0 Å². The van der Waals surface area contributed by atoms with Crippen LogP contribution in [0.2, 0.25) is 0 Å². The molecule has 5 nitrogen and oxygen atoms in total. The first-order chi connectivity index (χ1) is 12.2. The third-order valence-electron chi connectivity index (χ3n) is 5.72. The van der Waals surface area contributed by atoms with Crippen molar-refractivity contribution in [3.8, 4) is 0 Å². The maximum atomic E-state index is 12.8. The lowest BCUT2D eigenvalue weighted by Gasteiger charge is -2.46. The third-order valence-corrected chi connectivity index (χ3v) is 5.72. The average Bonchev–Trinajstić information content (AvgIpc) is 2.95. The van der Waals surface area contributed by atoms with Gasteiger partial charge in [-0.05, 0) is 26.0 Å². The van der Waals surface area contributed by atoms with Crippen LogP contribution in [0.15, 0.2) is 24.3 Å². The van der Waals surface area contributed by atoms with Crippen molar-refractivity contribution >= 4 is 16.9 Å². The maximum Gasteiger partial charge on any atom is 0.359 e. The van der Waals surface area contributed by atoms with Gasteiger partial charge in [0, 0.05) is 30.3 Å². The fraction of sp³-hybridized carbons (Fsp3) is 0.579. The molecule has 2 fully saturated rings.